The van der Waals surface area contributed by atoms with Crippen molar-refractivity contribution < 1.29 is 26.9 Å². The number of carbonyl (C=O) groups is 2. The number of esters is 1. The van der Waals surface area contributed by atoms with Crippen LogP contribution in [0.25, 0.3) is 0 Å². The first-order chi connectivity index (χ1) is 10.8. The van der Waals surface area contributed by atoms with Crippen molar-refractivity contribution in [2.75, 3.05) is 14.2 Å². The van der Waals surface area contributed by atoms with E-state index < -0.39 is 34.3 Å². The topological polar surface area (TPSA) is 111 Å². The van der Waals surface area contributed by atoms with E-state index in [4.69, 9.17) is 0 Å². The highest BCUT2D eigenvalue weighted by Gasteiger charge is 2.27. The van der Waals surface area contributed by atoms with Crippen LogP contribution in [-0.2, 0) is 35.2 Å². The van der Waals surface area contributed by atoms with Gasteiger partial charge in [-0.3, -0.25) is 8.98 Å². The fourth-order valence-electron chi connectivity index (χ4n) is 1.81. The SMILES string of the molecule is COC(=O)[C@@H](C)NC(=O)[C@H](Cc1ccccc1)NS(=O)(=O)OC. The van der Waals surface area contributed by atoms with Gasteiger partial charge in [0.05, 0.1) is 14.2 Å². The number of ether oxygens (including phenoxy) is 1. The molecule has 0 aliphatic rings. The molecule has 0 bridgehead atoms. The summed E-state index contributed by atoms with van der Waals surface area (Å²) in [5, 5.41) is 2.40. The molecule has 0 heterocycles. The van der Waals surface area contributed by atoms with Crippen molar-refractivity contribution in [3.8, 4) is 0 Å². The minimum absolute atomic E-state index is 0.100. The molecule has 0 aliphatic heterocycles. The van der Waals surface area contributed by atoms with E-state index in [1.807, 2.05) is 0 Å². The Morgan fingerprint density at radius 1 is 1.17 bits per heavy atom. The Hall–Kier alpha value is -1.97. The van der Waals surface area contributed by atoms with E-state index in [9.17, 15) is 18.0 Å². The molecule has 23 heavy (non-hydrogen) atoms. The van der Waals surface area contributed by atoms with Crippen molar-refractivity contribution in [2.45, 2.75) is 25.4 Å². The molecule has 0 fully saturated rings. The Balaban J connectivity index is 2.90. The van der Waals surface area contributed by atoms with Crippen LogP contribution in [0, 0.1) is 0 Å². The molecule has 0 aromatic heterocycles. The predicted octanol–water partition coefficient (Wildman–Crippen LogP) is -0.244. The zero-order chi connectivity index (χ0) is 17.5. The molecule has 1 amide bonds. The van der Waals surface area contributed by atoms with Gasteiger partial charge in [-0.05, 0) is 18.9 Å². The number of carbonyl (C=O) groups excluding carboxylic acids is 2. The van der Waals surface area contributed by atoms with E-state index in [0.717, 1.165) is 12.7 Å². The summed E-state index contributed by atoms with van der Waals surface area (Å²) in [5.41, 5.74) is 0.747. The summed E-state index contributed by atoms with van der Waals surface area (Å²) in [6.07, 6.45) is 0.100. The first-order valence-corrected chi connectivity index (χ1v) is 8.20. The van der Waals surface area contributed by atoms with Crippen LogP contribution >= 0.6 is 0 Å². The van der Waals surface area contributed by atoms with Gasteiger partial charge in [0.25, 0.3) is 0 Å². The quantitative estimate of drug-likeness (QED) is 0.630. The van der Waals surface area contributed by atoms with Gasteiger partial charge in [0, 0.05) is 0 Å². The summed E-state index contributed by atoms with van der Waals surface area (Å²) in [7, 11) is -1.89. The minimum Gasteiger partial charge on any atom is -0.467 e. The van der Waals surface area contributed by atoms with E-state index in [1.54, 1.807) is 30.3 Å². The highest BCUT2D eigenvalue weighted by molar-refractivity contribution is 7.84. The van der Waals surface area contributed by atoms with E-state index >= 15 is 0 Å². The van der Waals surface area contributed by atoms with E-state index in [0.29, 0.717) is 0 Å². The predicted molar refractivity (Wildman–Crippen MR) is 82.6 cm³/mol. The third-order valence-electron chi connectivity index (χ3n) is 3.02. The number of hydrogen-bond acceptors (Lipinski definition) is 6. The maximum atomic E-state index is 12.3. The maximum absolute atomic E-state index is 12.3. The summed E-state index contributed by atoms with van der Waals surface area (Å²) < 4.78 is 34.1. The van der Waals surface area contributed by atoms with Crippen molar-refractivity contribution in [3.05, 3.63) is 35.9 Å². The van der Waals surface area contributed by atoms with Crippen molar-refractivity contribution >= 4 is 22.2 Å². The van der Waals surface area contributed by atoms with Crippen LogP contribution in [0.2, 0.25) is 0 Å². The zero-order valence-corrected chi connectivity index (χ0v) is 13.9. The van der Waals surface area contributed by atoms with Gasteiger partial charge in [0.2, 0.25) is 5.91 Å². The molecular weight excluding hydrogens is 324 g/mol. The van der Waals surface area contributed by atoms with Crippen LogP contribution in [0.4, 0.5) is 0 Å². The van der Waals surface area contributed by atoms with Gasteiger partial charge in [-0.15, -0.1) is 0 Å². The Morgan fingerprint density at radius 3 is 2.30 bits per heavy atom. The maximum Gasteiger partial charge on any atom is 0.336 e. The first kappa shape index (κ1) is 19.1. The van der Waals surface area contributed by atoms with Crippen LogP contribution in [-0.4, -0.2) is 46.6 Å². The number of methoxy groups -OCH3 is 1. The van der Waals surface area contributed by atoms with Gasteiger partial charge in [-0.25, -0.2) is 4.79 Å². The van der Waals surface area contributed by atoms with Gasteiger partial charge in [0.15, 0.2) is 0 Å². The molecule has 0 unspecified atom stereocenters. The Labute approximate surface area is 135 Å². The minimum atomic E-state index is -4.07. The molecule has 9 heteroatoms. The average Bonchev–Trinajstić information content (AvgIpc) is 2.54. The number of hydrogen-bond donors (Lipinski definition) is 2. The van der Waals surface area contributed by atoms with Crippen molar-refractivity contribution in [3.63, 3.8) is 0 Å². The lowest BCUT2D eigenvalue weighted by atomic mass is 10.1. The fraction of sp³-hybridized carbons (Fsp3) is 0.429. The first-order valence-electron chi connectivity index (χ1n) is 6.79. The second-order valence-corrected chi connectivity index (χ2v) is 6.21. The van der Waals surface area contributed by atoms with Gasteiger partial charge >= 0.3 is 16.3 Å². The van der Waals surface area contributed by atoms with E-state index in [2.05, 4.69) is 19.0 Å². The highest BCUT2D eigenvalue weighted by Crippen LogP contribution is 2.05. The summed E-state index contributed by atoms with van der Waals surface area (Å²) >= 11 is 0. The molecule has 1 aromatic carbocycles. The van der Waals surface area contributed by atoms with E-state index in [-0.39, 0.29) is 6.42 Å². The number of nitrogens with one attached hydrogen (secondary N) is 2. The molecule has 2 N–H and O–H groups in total. The molecule has 0 aliphatic carbocycles. The molecule has 0 saturated heterocycles. The monoisotopic (exact) mass is 344 g/mol. The second kappa shape index (κ2) is 8.61. The van der Waals surface area contributed by atoms with Crippen LogP contribution < -0.4 is 10.0 Å². The zero-order valence-electron chi connectivity index (χ0n) is 13.1. The summed E-state index contributed by atoms with van der Waals surface area (Å²) in [6.45, 7) is 1.44. The van der Waals surface area contributed by atoms with Crippen molar-refractivity contribution in [2.24, 2.45) is 0 Å². The normalized spacial score (nSPS) is 13.9. The molecule has 0 spiro atoms. The third-order valence-corrected chi connectivity index (χ3v) is 4.03. The van der Waals surface area contributed by atoms with Crippen LogP contribution in [0.5, 0.6) is 0 Å². The molecule has 1 aromatic rings. The summed E-state index contributed by atoms with van der Waals surface area (Å²) in [6, 6.07) is 6.82. The number of benzene rings is 1. The number of rotatable bonds is 8. The number of amides is 1. The lowest BCUT2D eigenvalue weighted by Crippen LogP contribution is -2.52. The molecule has 1 rings (SSSR count). The Bertz CT molecular complexity index is 632. The summed E-state index contributed by atoms with van der Waals surface area (Å²) in [4.78, 5) is 23.6. The fourth-order valence-corrected chi connectivity index (χ4v) is 2.44. The van der Waals surface area contributed by atoms with Crippen molar-refractivity contribution in [1.29, 1.82) is 0 Å². The van der Waals surface area contributed by atoms with E-state index in [1.165, 1.54) is 14.0 Å². The molecule has 2 atom stereocenters. The van der Waals surface area contributed by atoms with Crippen LogP contribution in [0.3, 0.4) is 0 Å². The second-order valence-electron chi connectivity index (χ2n) is 4.73. The van der Waals surface area contributed by atoms with Crippen LogP contribution in [0.1, 0.15) is 12.5 Å². The molecule has 0 radical (unpaired) electrons. The average molecular weight is 344 g/mol. The highest BCUT2D eigenvalue weighted by atomic mass is 32.2. The lowest BCUT2D eigenvalue weighted by molar-refractivity contribution is -0.144. The Morgan fingerprint density at radius 2 is 1.78 bits per heavy atom. The van der Waals surface area contributed by atoms with Crippen LogP contribution in [0.15, 0.2) is 30.3 Å². The molecular formula is C14H20N2O6S. The van der Waals surface area contributed by atoms with Crippen molar-refractivity contribution in [1.82, 2.24) is 10.0 Å². The summed E-state index contributed by atoms with van der Waals surface area (Å²) in [5.74, 6) is -1.29. The molecule has 8 nitrogen and oxygen atoms in total. The smallest absolute Gasteiger partial charge is 0.336 e. The Kier molecular flexibility index (Phi) is 7.14. The standard InChI is InChI=1S/C14H20N2O6S/c1-10(14(18)21-2)15-13(17)12(16-23(19,20)22-3)9-11-7-5-4-6-8-11/h4-8,10,12,16H,9H2,1-3H3,(H,15,17)/t10-,12+/m1/s1. The molecule has 128 valence electrons. The largest absolute Gasteiger partial charge is 0.467 e. The third kappa shape index (κ3) is 6.35. The lowest BCUT2D eigenvalue weighted by Gasteiger charge is -2.20. The van der Waals surface area contributed by atoms with Gasteiger partial charge in [-0.1, -0.05) is 30.3 Å². The molecule has 0 saturated carbocycles. The van der Waals surface area contributed by atoms with Gasteiger partial charge in [-0.2, -0.15) is 13.1 Å². The van der Waals surface area contributed by atoms with Gasteiger partial charge in [0.1, 0.15) is 12.1 Å². The van der Waals surface area contributed by atoms with Gasteiger partial charge < -0.3 is 10.1 Å².